The predicted octanol–water partition coefficient (Wildman–Crippen LogP) is 4.88. The van der Waals surface area contributed by atoms with E-state index in [1.54, 1.807) is 11.6 Å². The standard InChI is InChI=1S/C24H22N6O2S.C2H4O2/c1-29-17-22(30(31)32)33-24(29)28-27-21-14-8-13-20(25-15-18-9-4-2-5-10-18)23(21)26-16-19-11-6-3-7-12-19;1-2(3)4/h2-14,17H,15-16H2,1H3,(H,25,27);1H3,(H,3,4). The van der Waals surface area contributed by atoms with Gasteiger partial charge in [0.1, 0.15) is 5.69 Å². The van der Waals surface area contributed by atoms with Gasteiger partial charge in [-0.2, -0.15) is 0 Å². The minimum absolute atomic E-state index is 0.0205. The Balaban J connectivity index is 0.000000886. The number of aliphatic carboxylic acids is 1. The highest BCUT2D eigenvalue weighted by atomic mass is 32.1. The molecular formula is C26H26N6O4S. The van der Waals surface area contributed by atoms with Gasteiger partial charge in [0, 0.05) is 30.4 Å². The summed E-state index contributed by atoms with van der Waals surface area (Å²) in [5.41, 5.74) is 4.65. The van der Waals surface area contributed by atoms with E-state index in [4.69, 9.17) is 9.90 Å². The summed E-state index contributed by atoms with van der Waals surface area (Å²) in [5, 5.41) is 36.1. The topological polar surface area (TPSA) is 136 Å². The molecule has 37 heavy (non-hydrogen) atoms. The summed E-state index contributed by atoms with van der Waals surface area (Å²) in [6.07, 6.45) is 1.44. The molecule has 3 aromatic carbocycles. The first-order chi connectivity index (χ1) is 17.8. The summed E-state index contributed by atoms with van der Waals surface area (Å²) in [4.78, 5) is 19.5. The van der Waals surface area contributed by atoms with Gasteiger partial charge in [0.05, 0.1) is 28.5 Å². The average Bonchev–Trinajstić information content (AvgIpc) is 3.27. The number of hydrogen-bond donors (Lipinski definition) is 2. The van der Waals surface area contributed by atoms with Gasteiger partial charge in [0.2, 0.25) is 0 Å². The lowest BCUT2D eigenvalue weighted by molar-refractivity contribution is -0.656. The van der Waals surface area contributed by atoms with E-state index in [9.17, 15) is 10.1 Å². The van der Waals surface area contributed by atoms with Gasteiger partial charge in [0.25, 0.3) is 0 Å². The van der Waals surface area contributed by atoms with Crippen molar-refractivity contribution in [2.75, 3.05) is 10.6 Å². The smallest absolute Gasteiger partial charge is 0.414 e. The van der Waals surface area contributed by atoms with E-state index in [1.807, 2.05) is 54.6 Å². The molecule has 0 amide bonds. The van der Waals surface area contributed by atoms with E-state index in [2.05, 4.69) is 45.1 Å². The molecular weight excluding hydrogens is 492 g/mol. The number of carboxylic acid groups (broad SMARTS) is 1. The molecule has 190 valence electrons. The van der Waals surface area contributed by atoms with Crippen molar-refractivity contribution in [2.45, 2.75) is 20.0 Å². The van der Waals surface area contributed by atoms with Crippen LogP contribution in [0.3, 0.4) is 0 Å². The number of anilines is 2. The largest absolute Gasteiger partial charge is 0.550 e. The summed E-state index contributed by atoms with van der Waals surface area (Å²) in [6, 6.07) is 26.0. The monoisotopic (exact) mass is 518 g/mol. The van der Waals surface area contributed by atoms with Crippen LogP contribution in [0.2, 0.25) is 0 Å². The second kappa shape index (κ2) is 13.4. The lowest BCUT2D eigenvalue weighted by atomic mass is 10.1. The summed E-state index contributed by atoms with van der Waals surface area (Å²) in [6.45, 7) is 2.25. The molecule has 0 fully saturated rings. The fourth-order valence-electron chi connectivity index (χ4n) is 3.22. The molecule has 11 heteroatoms. The molecule has 0 aliphatic heterocycles. The third-order valence-corrected chi connectivity index (χ3v) is 5.92. The number of carbonyl (C=O) groups is 1. The maximum absolute atomic E-state index is 11.1. The Hall–Kier alpha value is -4.64. The normalized spacial score (nSPS) is 10.4. The Morgan fingerprint density at radius 2 is 1.49 bits per heavy atom. The highest BCUT2D eigenvalue weighted by Crippen LogP contribution is 2.35. The number of nitrogens with one attached hydrogen (secondary N) is 2. The number of thiazole rings is 1. The van der Waals surface area contributed by atoms with Crippen molar-refractivity contribution in [3.63, 3.8) is 0 Å². The van der Waals surface area contributed by atoms with E-state index in [0.29, 0.717) is 23.9 Å². The Labute approximate surface area is 218 Å². The third-order valence-electron chi connectivity index (χ3n) is 4.91. The molecule has 0 bridgehead atoms. The molecule has 10 nitrogen and oxygen atoms in total. The molecule has 0 spiro atoms. The fraction of sp³-hybridized carbons (Fsp3) is 0.154. The third kappa shape index (κ3) is 8.51. The molecule has 1 heterocycles. The number of aromatic nitrogens is 1. The van der Waals surface area contributed by atoms with Gasteiger partial charge in [-0.25, -0.2) is 4.57 Å². The number of azo groups is 1. The first-order valence-electron chi connectivity index (χ1n) is 11.2. The van der Waals surface area contributed by atoms with E-state index in [1.165, 1.54) is 6.20 Å². The van der Waals surface area contributed by atoms with E-state index in [0.717, 1.165) is 40.8 Å². The van der Waals surface area contributed by atoms with Crippen LogP contribution < -0.4 is 20.3 Å². The number of benzene rings is 3. The Bertz CT molecular complexity index is 1360. The van der Waals surface area contributed by atoms with Gasteiger partial charge in [0.15, 0.2) is 6.20 Å². The average molecular weight is 519 g/mol. The molecule has 0 radical (unpaired) electrons. The zero-order valence-electron chi connectivity index (χ0n) is 20.3. The van der Waals surface area contributed by atoms with Crippen molar-refractivity contribution < 1.29 is 19.4 Å². The van der Waals surface area contributed by atoms with Gasteiger partial charge in [-0.05, 0) is 35.3 Å². The Kier molecular flexibility index (Phi) is 9.80. The number of nitro groups is 1. The molecule has 4 rings (SSSR count). The van der Waals surface area contributed by atoms with Crippen LogP contribution in [-0.4, -0.2) is 10.9 Å². The molecule has 0 saturated heterocycles. The van der Waals surface area contributed by atoms with Crippen LogP contribution in [0.5, 0.6) is 0 Å². The molecule has 0 saturated carbocycles. The first kappa shape index (κ1) is 27.0. The highest BCUT2D eigenvalue weighted by molar-refractivity contribution is 7.17. The maximum atomic E-state index is 11.1. The predicted molar refractivity (Wildman–Crippen MR) is 141 cm³/mol. The second-order valence-electron chi connectivity index (χ2n) is 7.79. The van der Waals surface area contributed by atoms with Crippen LogP contribution in [0.15, 0.2) is 95.3 Å². The van der Waals surface area contributed by atoms with Gasteiger partial charge < -0.3 is 20.5 Å². The zero-order chi connectivity index (χ0) is 26.6. The summed E-state index contributed by atoms with van der Waals surface area (Å²) < 4.78 is 1.60. The minimum Gasteiger partial charge on any atom is -0.550 e. The quantitative estimate of drug-likeness (QED) is 0.140. The molecule has 0 atom stereocenters. The van der Waals surface area contributed by atoms with Crippen molar-refractivity contribution in [2.24, 2.45) is 17.3 Å². The van der Waals surface area contributed by atoms with Gasteiger partial charge >= 0.3 is 10.1 Å². The van der Waals surface area contributed by atoms with Crippen LogP contribution >= 0.6 is 11.3 Å². The van der Waals surface area contributed by atoms with E-state index in [-0.39, 0.29) is 5.00 Å². The zero-order valence-corrected chi connectivity index (χ0v) is 21.1. The van der Waals surface area contributed by atoms with Crippen LogP contribution in [0, 0.1) is 10.1 Å². The summed E-state index contributed by atoms with van der Waals surface area (Å²) >= 11 is 0.982. The number of carboxylic acids is 1. The first-order valence-corrected chi connectivity index (χ1v) is 12.1. The lowest BCUT2D eigenvalue weighted by Gasteiger charge is -2.15. The van der Waals surface area contributed by atoms with Crippen LogP contribution in [-0.2, 0) is 24.9 Å². The van der Waals surface area contributed by atoms with Crippen LogP contribution in [0.1, 0.15) is 18.1 Å². The SMILES string of the molecule is CC(=O)[O-].C[n+]1cc([N+](=O)[O-])sc1N=Nc1cccc(NCc2ccccc2)c1NCc1ccccc1. The van der Waals surface area contributed by atoms with Crippen molar-refractivity contribution in [3.8, 4) is 0 Å². The van der Waals surface area contributed by atoms with Crippen molar-refractivity contribution in [1.82, 2.24) is 0 Å². The number of para-hydroxylation sites is 1. The van der Waals surface area contributed by atoms with Crippen molar-refractivity contribution >= 4 is 44.5 Å². The van der Waals surface area contributed by atoms with Crippen molar-refractivity contribution in [3.05, 3.63) is 106 Å². The molecule has 2 N–H and O–H groups in total. The maximum Gasteiger partial charge on any atom is 0.414 e. The summed E-state index contributed by atoms with van der Waals surface area (Å²) in [7, 11) is 1.71. The number of hydrogen-bond acceptors (Lipinski definition) is 9. The number of carbonyl (C=O) groups excluding carboxylic acids is 1. The van der Waals surface area contributed by atoms with Gasteiger partial charge in [-0.3, -0.25) is 10.1 Å². The van der Waals surface area contributed by atoms with E-state index < -0.39 is 10.9 Å². The Morgan fingerprint density at radius 3 is 2.03 bits per heavy atom. The second-order valence-corrected chi connectivity index (χ2v) is 8.78. The lowest BCUT2D eigenvalue weighted by Crippen LogP contribution is -2.23. The molecule has 4 aromatic rings. The molecule has 0 unspecified atom stereocenters. The van der Waals surface area contributed by atoms with Gasteiger partial charge in [-0.15, -0.1) is 0 Å². The van der Waals surface area contributed by atoms with Crippen LogP contribution in [0.4, 0.5) is 27.2 Å². The number of aryl methyl sites for hydroxylation is 1. The van der Waals surface area contributed by atoms with E-state index >= 15 is 0 Å². The minimum atomic E-state index is -1.08. The molecule has 1 aromatic heterocycles. The van der Waals surface area contributed by atoms with Gasteiger partial charge in [-0.1, -0.05) is 66.7 Å². The number of rotatable bonds is 9. The highest BCUT2D eigenvalue weighted by Gasteiger charge is 2.21. The fourth-order valence-corrected chi connectivity index (χ4v) is 3.97. The van der Waals surface area contributed by atoms with Crippen molar-refractivity contribution in [1.29, 1.82) is 0 Å². The molecule has 0 aliphatic rings. The summed E-state index contributed by atoms with van der Waals surface area (Å²) in [5.74, 6) is -1.08. The molecule has 0 aliphatic carbocycles. The Morgan fingerprint density at radius 1 is 0.919 bits per heavy atom. The number of nitrogens with zero attached hydrogens (tertiary/aromatic N) is 4. The van der Waals surface area contributed by atoms with Crippen LogP contribution in [0.25, 0.3) is 0 Å².